The molecule has 11 heteroatoms. The smallest absolute Gasteiger partial charge is 0.240 e. The molecule has 1 aromatic heterocycles. The Balaban J connectivity index is 1.03. The van der Waals surface area contributed by atoms with Gasteiger partial charge in [0.05, 0.1) is 22.0 Å². The quantitative estimate of drug-likeness (QED) is 0.214. The van der Waals surface area contributed by atoms with Gasteiger partial charge < -0.3 is 25.4 Å². The first-order valence-electron chi connectivity index (χ1n) is 15.4. The van der Waals surface area contributed by atoms with Gasteiger partial charge >= 0.3 is 0 Å². The third-order valence-electron chi connectivity index (χ3n) is 8.84. The van der Waals surface area contributed by atoms with Crippen LogP contribution in [0.15, 0.2) is 77.7 Å². The molecule has 2 aliphatic rings. The zero-order chi connectivity index (χ0) is 30.7. The SMILES string of the molecule is C[C@@H](NC(=O)C1CCC(NS(=O)(=O)c2ccc3nc(Nc4ccc(N5CCN(C)CC5)cc4)[nH]c3c2)CC1)c1ccccc1. The Kier molecular flexibility index (Phi) is 8.88. The summed E-state index contributed by atoms with van der Waals surface area (Å²) in [5.74, 6) is 0.466. The van der Waals surface area contributed by atoms with Crippen molar-refractivity contribution in [2.75, 3.05) is 43.4 Å². The number of hydrogen-bond acceptors (Lipinski definition) is 7. The Morgan fingerprint density at radius 1 is 0.932 bits per heavy atom. The predicted octanol–water partition coefficient (Wildman–Crippen LogP) is 4.77. The van der Waals surface area contributed by atoms with Gasteiger partial charge in [-0.15, -0.1) is 0 Å². The molecule has 2 heterocycles. The molecule has 0 unspecified atom stereocenters. The molecule has 1 aliphatic carbocycles. The number of carbonyl (C=O) groups excluding carboxylic acids is 1. The second-order valence-corrected chi connectivity index (χ2v) is 13.8. The van der Waals surface area contributed by atoms with Crippen molar-refractivity contribution in [3.63, 3.8) is 0 Å². The van der Waals surface area contributed by atoms with Crippen LogP contribution in [0, 0.1) is 5.92 Å². The van der Waals surface area contributed by atoms with Gasteiger partial charge in [-0.1, -0.05) is 30.3 Å². The summed E-state index contributed by atoms with van der Waals surface area (Å²) in [5, 5.41) is 6.41. The molecule has 1 saturated carbocycles. The average Bonchev–Trinajstić information content (AvgIpc) is 3.44. The largest absolute Gasteiger partial charge is 0.369 e. The molecule has 0 radical (unpaired) electrons. The van der Waals surface area contributed by atoms with Gasteiger partial charge in [-0.25, -0.2) is 18.1 Å². The van der Waals surface area contributed by atoms with E-state index >= 15 is 0 Å². The van der Waals surface area contributed by atoms with Crippen LogP contribution in [0.2, 0.25) is 0 Å². The number of carbonyl (C=O) groups is 1. The molecule has 6 rings (SSSR count). The van der Waals surface area contributed by atoms with Gasteiger partial charge in [0.25, 0.3) is 0 Å². The fraction of sp³-hybridized carbons (Fsp3) is 0.394. The number of piperazine rings is 1. The number of rotatable bonds is 9. The molecule has 4 N–H and O–H groups in total. The molecule has 0 bridgehead atoms. The number of amides is 1. The van der Waals surface area contributed by atoms with Crippen molar-refractivity contribution < 1.29 is 13.2 Å². The second-order valence-electron chi connectivity index (χ2n) is 12.0. The van der Waals surface area contributed by atoms with Crippen molar-refractivity contribution in [1.82, 2.24) is 24.9 Å². The van der Waals surface area contributed by atoms with E-state index < -0.39 is 10.0 Å². The lowest BCUT2D eigenvalue weighted by atomic mass is 9.85. The maximum atomic E-state index is 13.3. The van der Waals surface area contributed by atoms with Crippen LogP contribution >= 0.6 is 0 Å². The summed E-state index contributed by atoms with van der Waals surface area (Å²) < 4.78 is 29.5. The highest BCUT2D eigenvalue weighted by atomic mass is 32.2. The Morgan fingerprint density at radius 2 is 1.64 bits per heavy atom. The first kappa shape index (κ1) is 30.1. The second kappa shape index (κ2) is 13.0. The van der Waals surface area contributed by atoms with Crippen molar-refractivity contribution in [2.45, 2.75) is 49.6 Å². The summed E-state index contributed by atoms with van der Waals surface area (Å²) in [6.07, 6.45) is 2.52. The lowest BCUT2D eigenvalue weighted by Crippen LogP contribution is -2.44. The Bertz CT molecular complexity index is 1680. The number of nitrogens with one attached hydrogen (secondary N) is 4. The van der Waals surface area contributed by atoms with E-state index in [2.05, 4.69) is 54.3 Å². The van der Waals surface area contributed by atoms with E-state index in [1.807, 2.05) is 49.4 Å². The minimum atomic E-state index is -3.74. The number of imidazole rings is 1. The van der Waals surface area contributed by atoms with Crippen molar-refractivity contribution >= 4 is 44.3 Å². The highest BCUT2D eigenvalue weighted by Gasteiger charge is 2.30. The number of likely N-dealkylation sites (N-methyl/N-ethyl adjacent to an activating group) is 1. The van der Waals surface area contributed by atoms with Gasteiger partial charge in [-0.3, -0.25) is 4.79 Å². The van der Waals surface area contributed by atoms with Crippen molar-refractivity contribution in [3.8, 4) is 0 Å². The average molecular weight is 616 g/mol. The van der Waals surface area contributed by atoms with E-state index in [4.69, 9.17) is 0 Å². The number of aromatic amines is 1. The van der Waals surface area contributed by atoms with Crippen LogP contribution in [0.1, 0.15) is 44.2 Å². The minimum absolute atomic E-state index is 0.0303. The van der Waals surface area contributed by atoms with Crippen LogP contribution in [0.4, 0.5) is 17.3 Å². The number of H-pyrrole nitrogens is 1. The Morgan fingerprint density at radius 3 is 2.34 bits per heavy atom. The standard InChI is InChI=1S/C33H41N7O3S/c1-23(24-6-4-3-5-7-24)34-32(41)25-8-10-27(11-9-25)38-44(42,43)29-16-17-30-31(22-29)37-33(36-30)35-26-12-14-28(15-13-26)40-20-18-39(2)19-21-40/h3-7,12-17,22-23,25,27,38H,8-11,18-21H2,1-2H3,(H,34,41)(H2,35,36,37)/t23-,25?,27?/m1/s1. The molecule has 10 nitrogen and oxygen atoms in total. The van der Waals surface area contributed by atoms with Crippen molar-refractivity contribution in [3.05, 3.63) is 78.4 Å². The normalized spacial score (nSPS) is 20.4. The van der Waals surface area contributed by atoms with E-state index in [0.29, 0.717) is 42.7 Å². The number of nitrogens with zero attached hydrogens (tertiary/aromatic N) is 3. The molecule has 44 heavy (non-hydrogen) atoms. The number of benzene rings is 3. The summed E-state index contributed by atoms with van der Waals surface area (Å²) >= 11 is 0. The highest BCUT2D eigenvalue weighted by molar-refractivity contribution is 7.89. The van der Waals surface area contributed by atoms with E-state index in [1.54, 1.807) is 18.2 Å². The molecule has 0 spiro atoms. The van der Waals surface area contributed by atoms with Gasteiger partial charge in [0.1, 0.15) is 0 Å². The third-order valence-corrected chi connectivity index (χ3v) is 10.4. The van der Waals surface area contributed by atoms with E-state index in [-0.39, 0.29) is 28.8 Å². The molecular weight excluding hydrogens is 574 g/mol. The first-order valence-corrected chi connectivity index (χ1v) is 16.9. The maximum Gasteiger partial charge on any atom is 0.240 e. The van der Waals surface area contributed by atoms with Gasteiger partial charge in [-0.2, -0.15) is 0 Å². The molecule has 1 aliphatic heterocycles. The summed E-state index contributed by atoms with van der Waals surface area (Å²) in [6, 6.07) is 22.8. The fourth-order valence-electron chi connectivity index (χ4n) is 6.09. The van der Waals surface area contributed by atoms with Crippen molar-refractivity contribution in [1.29, 1.82) is 0 Å². The summed E-state index contributed by atoms with van der Waals surface area (Å²) in [6.45, 7) is 6.12. The molecular formula is C33H41N7O3S. The fourth-order valence-corrected chi connectivity index (χ4v) is 7.42. The molecule has 232 valence electrons. The lowest BCUT2D eigenvalue weighted by molar-refractivity contribution is -0.126. The number of anilines is 3. The molecule has 3 aromatic carbocycles. The number of aromatic nitrogens is 2. The zero-order valence-electron chi connectivity index (χ0n) is 25.3. The summed E-state index contributed by atoms with van der Waals surface area (Å²) in [4.78, 5) is 25.6. The maximum absolute atomic E-state index is 13.3. The van der Waals surface area contributed by atoms with Crippen LogP contribution in [0.25, 0.3) is 11.0 Å². The van der Waals surface area contributed by atoms with Crippen LogP contribution in [0.3, 0.4) is 0 Å². The van der Waals surface area contributed by atoms with Crippen LogP contribution < -0.4 is 20.3 Å². The molecule has 2 fully saturated rings. The molecule has 1 saturated heterocycles. The third kappa shape index (κ3) is 7.06. The van der Waals surface area contributed by atoms with Gasteiger partial charge in [-0.05, 0) is 87.7 Å². The van der Waals surface area contributed by atoms with Gasteiger partial charge in [0, 0.05) is 49.5 Å². The monoisotopic (exact) mass is 615 g/mol. The number of hydrogen-bond donors (Lipinski definition) is 4. The molecule has 1 atom stereocenters. The van der Waals surface area contributed by atoms with Crippen molar-refractivity contribution in [2.24, 2.45) is 5.92 Å². The zero-order valence-corrected chi connectivity index (χ0v) is 26.1. The van der Waals surface area contributed by atoms with Gasteiger partial charge in [0.2, 0.25) is 21.9 Å². The lowest BCUT2D eigenvalue weighted by Gasteiger charge is -2.34. The Labute approximate surface area is 259 Å². The highest BCUT2D eigenvalue weighted by Crippen LogP contribution is 2.28. The minimum Gasteiger partial charge on any atom is -0.369 e. The van der Waals surface area contributed by atoms with E-state index in [0.717, 1.165) is 37.4 Å². The van der Waals surface area contributed by atoms with Crippen LogP contribution in [-0.2, 0) is 14.8 Å². The van der Waals surface area contributed by atoms with Crippen LogP contribution in [0.5, 0.6) is 0 Å². The number of sulfonamides is 1. The predicted molar refractivity (Wildman–Crippen MR) is 175 cm³/mol. The summed E-state index contributed by atoms with van der Waals surface area (Å²) in [5.41, 5.74) is 4.48. The van der Waals surface area contributed by atoms with Gasteiger partial charge in [0.15, 0.2) is 0 Å². The Hall–Kier alpha value is -3.93. The first-order chi connectivity index (χ1) is 21.2. The van der Waals surface area contributed by atoms with E-state index in [9.17, 15) is 13.2 Å². The topological polar surface area (TPSA) is 122 Å². The molecule has 1 amide bonds. The number of fused-ring (bicyclic) bond motifs is 1. The molecule has 4 aromatic rings. The summed E-state index contributed by atoms with van der Waals surface area (Å²) in [7, 11) is -1.59. The van der Waals surface area contributed by atoms with Crippen LogP contribution in [-0.4, -0.2) is 68.5 Å². The van der Waals surface area contributed by atoms with E-state index in [1.165, 1.54) is 5.69 Å².